The molecule has 2 heterocycles. The number of amides is 1. The summed E-state index contributed by atoms with van der Waals surface area (Å²) in [6.45, 7) is 6.73. The van der Waals surface area contributed by atoms with E-state index < -0.39 is 10.0 Å². The first-order chi connectivity index (χ1) is 24.9. The smallest absolute Gasteiger partial charge is 0.263 e. The summed E-state index contributed by atoms with van der Waals surface area (Å²) in [4.78, 5) is 30.1. The summed E-state index contributed by atoms with van der Waals surface area (Å²) in [5.74, 6) is 0.342. The van der Waals surface area contributed by atoms with Crippen LogP contribution in [0.5, 0.6) is 23.1 Å². The van der Waals surface area contributed by atoms with E-state index in [0.29, 0.717) is 36.6 Å². The van der Waals surface area contributed by atoms with Crippen LogP contribution in [-0.4, -0.2) is 54.5 Å². The molecule has 0 aliphatic rings. The van der Waals surface area contributed by atoms with Crippen molar-refractivity contribution >= 4 is 33.3 Å². The van der Waals surface area contributed by atoms with Crippen LogP contribution in [0.3, 0.4) is 0 Å². The highest BCUT2D eigenvalue weighted by Crippen LogP contribution is 2.41. The summed E-state index contributed by atoms with van der Waals surface area (Å²) in [5.41, 5.74) is 1.77. The molecule has 2 N–H and O–H groups in total. The van der Waals surface area contributed by atoms with Crippen LogP contribution < -0.4 is 24.2 Å². The van der Waals surface area contributed by atoms with Crippen molar-refractivity contribution in [3.8, 4) is 34.8 Å². The number of hydrogen-bond acceptors (Lipinski definition) is 10. The van der Waals surface area contributed by atoms with Gasteiger partial charge in [0.2, 0.25) is 17.5 Å². The van der Waals surface area contributed by atoms with Gasteiger partial charge in [0.15, 0.2) is 23.1 Å². The Morgan fingerprint density at radius 2 is 1.54 bits per heavy atom. The summed E-state index contributed by atoms with van der Waals surface area (Å²) in [7, 11) is -2.70. The zero-order valence-corrected chi connectivity index (χ0v) is 31.0. The number of benzene rings is 3. The lowest BCUT2D eigenvalue weighted by molar-refractivity contribution is -0.121. The van der Waals surface area contributed by atoms with Crippen LogP contribution in [0.2, 0.25) is 5.02 Å². The van der Waals surface area contributed by atoms with Gasteiger partial charge in [-0.2, -0.15) is 4.98 Å². The van der Waals surface area contributed by atoms with Gasteiger partial charge in [-0.1, -0.05) is 74.8 Å². The fourth-order valence-corrected chi connectivity index (χ4v) is 6.25. The van der Waals surface area contributed by atoms with E-state index in [1.165, 1.54) is 31.6 Å². The van der Waals surface area contributed by atoms with E-state index in [1.807, 2.05) is 45.0 Å². The van der Waals surface area contributed by atoms with Crippen LogP contribution in [0.1, 0.15) is 51.2 Å². The molecule has 5 rings (SSSR count). The lowest BCUT2D eigenvalue weighted by atomic mass is 9.87. The molecule has 14 heteroatoms. The van der Waals surface area contributed by atoms with Crippen molar-refractivity contribution < 1.29 is 27.4 Å². The third-order valence-electron chi connectivity index (χ3n) is 7.85. The maximum Gasteiger partial charge on any atom is 0.263 e. The van der Waals surface area contributed by atoms with Crippen molar-refractivity contribution in [1.82, 2.24) is 25.3 Å². The number of sulfonamides is 1. The van der Waals surface area contributed by atoms with Gasteiger partial charge in [0.25, 0.3) is 15.9 Å². The number of ether oxygens (including phenoxy) is 3. The average molecular weight is 745 g/mol. The average Bonchev–Trinajstić information content (AvgIpc) is 3.13. The minimum absolute atomic E-state index is 0.00153. The predicted molar refractivity (Wildman–Crippen MR) is 200 cm³/mol. The van der Waals surface area contributed by atoms with Crippen LogP contribution in [0.25, 0.3) is 11.6 Å². The summed E-state index contributed by atoms with van der Waals surface area (Å²) < 4.78 is 48.1. The maximum absolute atomic E-state index is 13.8. The second-order valence-corrected chi connectivity index (χ2v) is 14.8. The Morgan fingerprint density at radius 3 is 2.23 bits per heavy atom. The molecule has 0 unspecified atom stereocenters. The number of nitrogens with one attached hydrogen (secondary N) is 2. The standard InChI is InChI=1S/C38H41ClN6O6S/c1-38(2,3)27-17-19-28(20-18-27)52(47,48)45-34-33(51-31-15-8-7-14-30(31)49-4)37(44-36(43-34)35-41-22-11-23-42-35)50-25-10-9-16-32(46)40-24-21-26-12-5-6-13-29(26)39/h5-8,11-15,17-20,22-23H,9-10,16,21,24-25H2,1-4H3,(H,40,46)(H,43,44,45). The van der Waals surface area contributed by atoms with E-state index in [1.54, 1.807) is 42.5 Å². The number of hydrogen-bond donors (Lipinski definition) is 2. The number of carbonyl (C=O) groups excluding carboxylic acids is 1. The highest BCUT2D eigenvalue weighted by atomic mass is 35.5. The van der Waals surface area contributed by atoms with Crippen molar-refractivity contribution in [3.05, 3.63) is 107 Å². The number of carbonyl (C=O) groups is 1. The first kappa shape index (κ1) is 38.0. The number of methoxy groups -OCH3 is 1. The molecule has 0 saturated carbocycles. The van der Waals surface area contributed by atoms with Crippen molar-refractivity contribution in [2.24, 2.45) is 0 Å². The molecule has 0 fully saturated rings. The fraction of sp³-hybridized carbons (Fsp3) is 0.289. The van der Waals surface area contributed by atoms with Crippen LogP contribution >= 0.6 is 11.6 Å². The SMILES string of the molecule is COc1ccccc1Oc1c(NS(=O)(=O)c2ccc(C(C)(C)C)cc2)nc(-c2ncccn2)nc1OCCCCC(=O)NCCc1ccccc1Cl. The highest BCUT2D eigenvalue weighted by molar-refractivity contribution is 7.92. The number of rotatable bonds is 16. The Labute approximate surface area is 309 Å². The Hall–Kier alpha value is -5.27. The first-order valence-electron chi connectivity index (χ1n) is 16.7. The second-order valence-electron chi connectivity index (χ2n) is 12.7. The number of anilines is 1. The van der Waals surface area contributed by atoms with Gasteiger partial charge in [-0.3, -0.25) is 9.52 Å². The lowest BCUT2D eigenvalue weighted by Crippen LogP contribution is -2.25. The molecule has 0 radical (unpaired) electrons. The molecule has 3 aromatic carbocycles. The van der Waals surface area contributed by atoms with Gasteiger partial charge in [-0.05, 0) is 72.2 Å². The minimum Gasteiger partial charge on any atom is -0.493 e. The van der Waals surface area contributed by atoms with Crippen LogP contribution in [0.4, 0.5) is 5.82 Å². The molecule has 0 bridgehead atoms. The van der Waals surface area contributed by atoms with Crippen molar-refractivity contribution in [2.45, 2.75) is 56.8 Å². The molecule has 52 heavy (non-hydrogen) atoms. The third-order valence-corrected chi connectivity index (χ3v) is 9.58. The molecule has 2 aromatic heterocycles. The first-order valence-corrected chi connectivity index (χ1v) is 18.6. The van der Waals surface area contributed by atoms with Gasteiger partial charge >= 0.3 is 0 Å². The normalized spacial score (nSPS) is 11.5. The third kappa shape index (κ3) is 10.2. The molecule has 0 aliphatic carbocycles. The van der Waals surface area contributed by atoms with E-state index >= 15 is 0 Å². The van der Waals surface area contributed by atoms with E-state index in [9.17, 15) is 13.2 Å². The number of para-hydroxylation sites is 2. The molecule has 0 spiro atoms. The zero-order valence-electron chi connectivity index (χ0n) is 29.4. The predicted octanol–water partition coefficient (Wildman–Crippen LogP) is 7.39. The van der Waals surface area contributed by atoms with Gasteiger partial charge in [0, 0.05) is 30.4 Å². The molecule has 1 amide bonds. The minimum atomic E-state index is -4.19. The maximum atomic E-state index is 13.8. The number of halogens is 1. The molecule has 5 aromatic rings. The van der Waals surface area contributed by atoms with Crippen molar-refractivity contribution in [2.75, 3.05) is 25.0 Å². The molecule has 0 aliphatic heterocycles. The Kier molecular flexibility index (Phi) is 12.6. The van der Waals surface area contributed by atoms with E-state index in [0.717, 1.165) is 11.1 Å². The zero-order chi connectivity index (χ0) is 37.1. The van der Waals surface area contributed by atoms with Crippen molar-refractivity contribution in [1.29, 1.82) is 0 Å². The largest absolute Gasteiger partial charge is 0.493 e. The number of nitrogens with zero attached hydrogens (tertiary/aromatic N) is 4. The summed E-state index contributed by atoms with van der Waals surface area (Å²) in [5, 5.41) is 3.59. The molecule has 12 nitrogen and oxygen atoms in total. The van der Waals surface area contributed by atoms with Gasteiger partial charge in [-0.15, -0.1) is 0 Å². The van der Waals surface area contributed by atoms with Gasteiger partial charge in [-0.25, -0.2) is 23.4 Å². The topological polar surface area (TPSA) is 155 Å². The van der Waals surface area contributed by atoms with Crippen molar-refractivity contribution in [3.63, 3.8) is 0 Å². The van der Waals surface area contributed by atoms with Crippen LogP contribution in [0, 0.1) is 0 Å². The van der Waals surface area contributed by atoms with E-state index in [4.69, 9.17) is 25.8 Å². The van der Waals surface area contributed by atoms with Gasteiger partial charge in [0.1, 0.15) is 0 Å². The summed E-state index contributed by atoms with van der Waals surface area (Å²) in [6.07, 6.45) is 4.94. The number of aromatic nitrogens is 4. The summed E-state index contributed by atoms with van der Waals surface area (Å²) >= 11 is 6.22. The van der Waals surface area contributed by atoms with Gasteiger partial charge < -0.3 is 19.5 Å². The van der Waals surface area contributed by atoms with E-state index in [2.05, 4.69) is 30.0 Å². The Balaban J connectivity index is 1.39. The van der Waals surface area contributed by atoms with Crippen LogP contribution in [0.15, 0.2) is 96.2 Å². The molecular formula is C38H41ClN6O6S. The molecule has 0 atom stereocenters. The quantitative estimate of drug-likeness (QED) is 0.0978. The van der Waals surface area contributed by atoms with Crippen LogP contribution in [-0.2, 0) is 26.7 Å². The summed E-state index contributed by atoms with van der Waals surface area (Å²) in [6, 6.07) is 22.7. The second kappa shape index (κ2) is 17.3. The monoisotopic (exact) mass is 744 g/mol. The fourth-order valence-electron chi connectivity index (χ4n) is 5.02. The molecule has 0 saturated heterocycles. The lowest BCUT2D eigenvalue weighted by Gasteiger charge is -2.20. The van der Waals surface area contributed by atoms with Gasteiger partial charge in [0.05, 0.1) is 18.6 Å². The Bertz CT molecular complexity index is 2080. The highest BCUT2D eigenvalue weighted by Gasteiger charge is 2.26. The Morgan fingerprint density at radius 1 is 0.846 bits per heavy atom. The number of unbranched alkanes of at least 4 members (excludes halogenated alkanes) is 1. The molecular weight excluding hydrogens is 704 g/mol. The van der Waals surface area contributed by atoms with E-state index in [-0.39, 0.29) is 64.1 Å². The molecule has 272 valence electrons.